The molecule has 2 aliphatic rings. The molecule has 1 N–H and O–H groups in total. The van der Waals surface area contributed by atoms with Crippen molar-refractivity contribution in [1.29, 1.82) is 0 Å². The molecule has 1 fully saturated rings. The van der Waals surface area contributed by atoms with Crippen LogP contribution in [0.1, 0.15) is 24.7 Å². The first-order chi connectivity index (χ1) is 9.86. The van der Waals surface area contributed by atoms with Crippen LogP contribution in [-0.4, -0.2) is 36.6 Å². The monoisotopic (exact) mass is 276 g/mol. The third-order valence-electron chi connectivity index (χ3n) is 3.64. The van der Waals surface area contributed by atoms with Crippen LogP contribution in [0.4, 0.5) is 0 Å². The summed E-state index contributed by atoms with van der Waals surface area (Å²) in [5, 5.41) is 8.86. The molecule has 2 aliphatic heterocycles. The summed E-state index contributed by atoms with van der Waals surface area (Å²) in [4.78, 5) is 0. The second-order valence-electron chi connectivity index (χ2n) is 5.14. The molecule has 0 aliphatic carbocycles. The summed E-state index contributed by atoms with van der Waals surface area (Å²) in [6.07, 6.45) is 5.31. The second kappa shape index (κ2) is 6.50. The molecule has 4 nitrogen and oxygen atoms in total. The molecular formula is C16H20O4. The van der Waals surface area contributed by atoms with E-state index in [1.165, 1.54) is 0 Å². The van der Waals surface area contributed by atoms with Crippen molar-refractivity contribution >= 4 is 0 Å². The van der Waals surface area contributed by atoms with E-state index in [1.807, 2.05) is 36.4 Å². The van der Waals surface area contributed by atoms with Gasteiger partial charge in [0.05, 0.1) is 12.7 Å². The second-order valence-corrected chi connectivity index (χ2v) is 5.14. The minimum absolute atomic E-state index is 0.0522. The molecule has 2 heterocycles. The van der Waals surface area contributed by atoms with Crippen molar-refractivity contribution in [3.05, 3.63) is 48.0 Å². The van der Waals surface area contributed by atoms with Gasteiger partial charge in [0.2, 0.25) is 0 Å². The Labute approximate surface area is 119 Å². The van der Waals surface area contributed by atoms with Crippen molar-refractivity contribution in [2.45, 2.75) is 37.4 Å². The predicted octanol–water partition coefficient (Wildman–Crippen LogP) is 2.20. The van der Waals surface area contributed by atoms with Crippen LogP contribution in [0.5, 0.6) is 0 Å². The van der Waals surface area contributed by atoms with Gasteiger partial charge >= 0.3 is 0 Å². The average Bonchev–Trinajstić information content (AvgIpc) is 2.53. The lowest BCUT2D eigenvalue weighted by Gasteiger charge is -2.39. The van der Waals surface area contributed by atoms with E-state index in [1.54, 1.807) is 0 Å². The molecule has 0 aromatic heterocycles. The summed E-state index contributed by atoms with van der Waals surface area (Å²) in [7, 11) is 0. The van der Waals surface area contributed by atoms with E-state index in [2.05, 4.69) is 6.08 Å². The van der Waals surface area contributed by atoms with Gasteiger partial charge in [-0.25, -0.2) is 0 Å². The Morgan fingerprint density at radius 1 is 1.10 bits per heavy atom. The zero-order valence-electron chi connectivity index (χ0n) is 11.4. The number of hydrogen-bond donors (Lipinski definition) is 1. The minimum atomic E-state index is -0.320. The lowest BCUT2D eigenvalue weighted by molar-refractivity contribution is -0.262. The first-order valence-corrected chi connectivity index (χ1v) is 7.13. The van der Waals surface area contributed by atoms with Gasteiger partial charge in [-0.2, -0.15) is 0 Å². The summed E-state index contributed by atoms with van der Waals surface area (Å²) in [6.45, 7) is 0.731. The summed E-state index contributed by atoms with van der Waals surface area (Å²) in [5.41, 5.74) is 1.03. The third kappa shape index (κ3) is 3.10. The molecule has 0 bridgehead atoms. The zero-order valence-corrected chi connectivity index (χ0v) is 11.4. The summed E-state index contributed by atoms with van der Waals surface area (Å²) >= 11 is 0. The molecule has 0 radical (unpaired) electrons. The smallest absolute Gasteiger partial charge is 0.184 e. The summed E-state index contributed by atoms with van der Waals surface area (Å²) < 4.78 is 17.6. The van der Waals surface area contributed by atoms with Crippen LogP contribution in [0.25, 0.3) is 0 Å². The van der Waals surface area contributed by atoms with Gasteiger partial charge < -0.3 is 19.3 Å². The van der Waals surface area contributed by atoms with Gasteiger partial charge in [0, 0.05) is 12.2 Å². The highest BCUT2D eigenvalue weighted by molar-refractivity contribution is 5.17. The van der Waals surface area contributed by atoms with E-state index < -0.39 is 0 Å². The summed E-state index contributed by atoms with van der Waals surface area (Å²) in [6, 6.07) is 9.94. The van der Waals surface area contributed by atoms with Gasteiger partial charge in [-0.15, -0.1) is 0 Å². The van der Waals surface area contributed by atoms with Gasteiger partial charge in [0.1, 0.15) is 12.2 Å². The SMILES string of the molecule is OCCC[C@@H]1C=C[C@@H]2OC(c3ccccc3)OC[C@H]2O1. The molecular weight excluding hydrogens is 256 g/mol. The van der Waals surface area contributed by atoms with Crippen molar-refractivity contribution in [2.75, 3.05) is 13.2 Å². The van der Waals surface area contributed by atoms with Crippen LogP contribution in [0.3, 0.4) is 0 Å². The highest BCUT2D eigenvalue weighted by atomic mass is 16.7. The Hall–Kier alpha value is -1.20. The van der Waals surface area contributed by atoms with Crippen molar-refractivity contribution in [3.8, 4) is 0 Å². The van der Waals surface area contributed by atoms with E-state index >= 15 is 0 Å². The standard InChI is InChI=1S/C16H20O4/c17-10-4-7-13-8-9-14-15(19-13)11-18-16(20-14)12-5-2-1-3-6-12/h1-3,5-6,8-9,13-17H,4,7,10-11H2/t13-,14+,15-,16?/m1/s1. The maximum Gasteiger partial charge on any atom is 0.184 e. The number of hydrogen-bond acceptors (Lipinski definition) is 4. The van der Waals surface area contributed by atoms with Crippen LogP contribution in [-0.2, 0) is 14.2 Å². The van der Waals surface area contributed by atoms with E-state index in [9.17, 15) is 0 Å². The third-order valence-corrected chi connectivity index (χ3v) is 3.64. The number of ether oxygens (including phenoxy) is 3. The van der Waals surface area contributed by atoms with Crippen LogP contribution >= 0.6 is 0 Å². The topological polar surface area (TPSA) is 47.9 Å². The zero-order chi connectivity index (χ0) is 13.8. The lowest BCUT2D eigenvalue weighted by atomic mass is 10.0. The van der Waals surface area contributed by atoms with Crippen molar-refractivity contribution < 1.29 is 19.3 Å². The number of benzene rings is 1. The van der Waals surface area contributed by atoms with Crippen molar-refractivity contribution in [3.63, 3.8) is 0 Å². The first kappa shape index (κ1) is 13.8. The average molecular weight is 276 g/mol. The Bertz CT molecular complexity index is 445. The molecule has 20 heavy (non-hydrogen) atoms. The molecule has 4 atom stereocenters. The molecule has 3 rings (SSSR count). The molecule has 1 aromatic carbocycles. The molecule has 0 saturated carbocycles. The molecule has 0 amide bonds. The maximum atomic E-state index is 8.86. The van der Waals surface area contributed by atoms with E-state index in [0.717, 1.165) is 18.4 Å². The van der Waals surface area contributed by atoms with Crippen LogP contribution < -0.4 is 0 Å². The fraction of sp³-hybridized carbons (Fsp3) is 0.500. The van der Waals surface area contributed by atoms with Crippen LogP contribution in [0, 0.1) is 0 Å². The van der Waals surface area contributed by atoms with Crippen LogP contribution in [0.2, 0.25) is 0 Å². The van der Waals surface area contributed by atoms with E-state index in [-0.39, 0.29) is 31.2 Å². The van der Waals surface area contributed by atoms with Crippen LogP contribution in [0.15, 0.2) is 42.5 Å². The van der Waals surface area contributed by atoms with E-state index in [4.69, 9.17) is 19.3 Å². The largest absolute Gasteiger partial charge is 0.396 e. The fourth-order valence-corrected chi connectivity index (χ4v) is 2.58. The summed E-state index contributed by atoms with van der Waals surface area (Å²) in [5.74, 6) is 0. The van der Waals surface area contributed by atoms with Gasteiger partial charge in [-0.1, -0.05) is 42.5 Å². The van der Waals surface area contributed by atoms with Crippen molar-refractivity contribution in [2.24, 2.45) is 0 Å². The van der Waals surface area contributed by atoms with Gasteiger partial charge in [0.25, 0.3) is 0 Å². The Kier molecular flexibility index (Phi) is 4.47. The first-order valence-electron chi connectivity index (χ1n) is 7.13. The van der Waals surface area contributed by atoms with Gasteiger partial charge in [-0.05, 0) is 12.8 Å². The van der Waals surface area contributed by atoms with Gasteiger partial charge in [-0.3, -0.25) is 0 Å². The Morgan fingerprint density at radius 2 is 1.95 bits per heavy atom. The molecule has 1 unspecified atom stereocenters. The highest BCUT2D eigenvalue weighted by Crippen LogP contribution is 2.31. The molecule has 1 aromatic rings. The molecule has 1 saturated heterocycles. The van der Waals surface area contributed by atoms with E-state index in [0.29, 0.717) is 6.61 Å². The normalized spacial score (nSPS) is 32.9. The van der Waals surface area contributed by atoms with Crippen molar-refractivity contribution in [1.82, 2.24) is 0 Å². The Morgan fingerprint density at radius 3 is 2.75 bits per heavy atom. The number of fused-ring (bicyclic) bond motifs is 1. The van der Waals surface area contributed by atoms with Gasteiger partial charge in [0.15, 0.2) is 6.29 Å². The molecule has 4 heteroatoms. The fourth-order valence-electron chi connectivity index (χ4n) is 2.58. The highest BCUT2D eigenvalue weighted by Gasteiger charge is 2.35. The number of rotatable bonds is 4. The number of aliphatic hydroxyl groups excluding tert-OH is 1. The number of aliphatic hydroxyl groups is 1. The predicted molar refractivity (Wildman–Crippen MR) is 74.1 cm³/mol. The quantitative estimate of drug-likeness (QED) is 0.856. The Balaban J connectivity index is 1.62. The minimum Gasteiger partial charge on any atom is -0.396 e. The molecule has 0 spiro atoms. The lowest BCUT2D eigenvalue weighted by Crippen LogP contribution is -2.45. The maximum absolute atomic E-state index is 8.86. The molecule has 108 valence electrons.